The van der Waals surface area contributed by atoms with Gasteiger partial charge in [-0.3, -0.25) is 0 Å². The lowest BCUT2D eigenvalue weighted by Crippen LogP contribution is -2.06. The minimum absolute atomic E-state index is 0.239. The number of rotatable bonds is 5. The highest BCUT2D eigenvalue weighted by atomic mass is 16.5. The van der Waals surface area contributed by atoms with Crippen LogP contribution >= 0.6 is 0 Å². The second kappa shape index (κ2) is 6.22. The van der Waals surface area contributed by atoms with Gasteiger partial charge < -0.3 is 9.15 Å². The molecule has 1 aromatic heterocycles. The maximum atomic E-state index is 5.90. The largest absolute Gasteiger partial charge is 0.481 e. The fourth-order valence-corrected chi connectivity index (χ4v) is 2.03. The average molecular weight is 280 g/mol. The first kappa shape index (κ1) is 13.4. The van der Waals surface area contributed by atoms with E-state index in [0.717, 1.165) is 17.7 Å². The first-order valence-electron chi connectivity index (χ1n) is 6.97. The summed E-state index contributed by atoms with van der Waals surface area (Å²) in [6, 6.07) is 19.4. The summed E-state index contributed by atoms with van der Waals surface area (Å²) in [5.41, 5.74) is 0.908. The van der Waals surface area contributed by atoms with Crippen molar-refractivity contribution in [2.75, 3.05) is 0 Å². The van der Waals surface area contributed by atoms with Crippen LogP contribution in [0, 0.1) is 0 Å². The quantitative estimate of drug-likeness (QED) is 0.700. The molecule has 4 heteroatoms. The molecule has 0 saturated heterocycles. The molecular formula is C17H16N2O2. The van der Waals surface area contributed by atoms with Crippen LogP contribution in [0.15, 0.2) is 65.1 Å². The third kappa shape index (κ3) is 3.11. The summed E-state index contributed by atoms with van der Waals surface area (Å²) < 4.78 is 11.7. The van der Waals surface area contributed by atoms with Crippen LogP contribution in [0.3, 0.4) is 0 Å². The molecule has 1 unspecified atom stereocenters. The third-order valence-corrected chi connectivity index (χ3v) is 3.13. The van der Waals surface area contributed by atoms with Gasteiger partial charge in [0.1, 0.15) is 5.75 Å². The van der Waals surface area contributed by atoms with E-state index < -0.39 is 0 Å². The molecule has 0 aliphatic rings. The van der Waals surface area contributed by atoms with Crippen LogP contribution in [-0.4, -0.2) is 10.2 Å². The van der Waals surface area contributed by atoms with E-state index in [4.69, 9.17) is 9.15 Å². The molecule has 3 rings (SSSR count). The maximum Gasteiger partial charge on any atom is 0.257 e. The summed E-state index contributed by atoms with van der Waals surface area (Å²) in [5.74, 6) is 1.81. The molecule has 0 aliphatic carbocycles. The second-order valence-corrected chi connectivity index (χ2v) is 4.64. The number of hydrogen-bond donors (Lipinski definition) is 0. The zero-order chi connectivity index (χ0) is 14.5. The Balaban J connectivity index is 1.81. The Morgan fingerprint density at radius 1 is 0.952 bits per heavy atom. The topological polar surface area (TPSA) is 48.2 Å². The lowest BCUT2D eigenvalue weighted by atomic mass is 10.2. The van der Waals surface area contributed by atoms with Gasteiger partial charge in [-0.2, -0.15) is 0 Å². The van der Waals surface area contributed by atoms with Crippen LogP contribution in [0.2, 0.25) is 0 Å². The van der Waals surface area contributed by atoms with E-state index in [1.54, 1.807) is 0 Å². The van der Waals surface area contributed by atoms with Crippen LogP contribution in [0.5, 0.6) is 5.75 Å². The van der Waals surface area contributed by atoms with Gasteiger partial charge in [-0.05, 0) is 30.7 Å². The molecule has 2 aromatic carbocycles. The van der Waals surface area contributed by atoms with E-state index >= 15 is 0 Å². The van der Waals surface area contributed by atoms with Crippen molar-refractivity contribution in [2.45, 2.75) is 19.4 Å². The van der Waals surface area contributed by atoms with Gasteiger partial charge >= 0.3 is 0 Å². The Bertz CT molecular complexity index is 680. The molecule has 0 spiro atoms. The molecule has 4 nitrogen and oxygen atoms in total. The Morgan fingerprint density at radius 2 is 1.62 bits per heavy atom. The summed E-state index contributed by atoms with van der Waals surface area (Å²) in [6.07, 6.45) is 0.517. The van der Waals surface area contributed by atoms with E-state index in [-0.39, 0.29) is 6.10 Å². The first-order valence-corrected chi connectivity index (χ1v) is 6.97. The molecule has 1 atom stereocenters. The molecule has 0 fully saturated rings. The number of para-hydroxylation sites is 1. The van der Waals surface area contributed by atoms with Crippen LogP contribution in [0.1, 0.15) is 25.3 Å². The van der Waals surface area contributed by atoms with Gasteiger partial charge in [0.15, 0.2) is 6.10 Å². The molecular weight excluding hydrogens is 264 g/mol. The van der Waals surface area contributed by atoms with E-state index in [2.05, 4.69) is 10.2 Å². The number of hydrogen-bond acceptors (Lipinski definition) is 4. The lowest BCUT2D eigenvalue weighted by Gasteiger charge is -2.13. The fraction of sp³-hybridized carbons (Fsp3) is 0.176. The Hall–Kier alpha value is -2.62. The van der Waals surface area contributed by atoms with Crippen molar-refractivity contribution < 1.29 is 9.15 Å². The molecule has 3 aromatic rings. The number of nitrogens with zero attached hydrogens (tertiary/aromatic N) is 2. The fourth-order valence-electron chi connectivity index (χ4n) is 2.03. The van der Waals surface area contributed by atoms with Crippen molar-refractivity contribution in [1.29, 1.82) is 0 Å². The Kier molecular flexibility index (Phi) is 3.96. The Labute approximate surface area is 123 Å². The van der Waals surface area contributed by atoms with Crippen molar-refractivity contribution in [3.63, 3.8) is 0 Å². The van der Waals surface area contributed by atoms with E-state index in [1.807, 2.05) is 67.6 Å². The Morgan fingerprint density at radius 3 is 2.29 bits per heavy atom. The molecule has 0 amide bonds. The van der Waals surface area contributed by atoms with Gasteiger partial charge in [-0.25, -0.2) is 0 Å². The van der Waals surface area contributed by atoms with Crippen molar-refractivity contribution in [1.82, 2.24) is 10.2 Å². The molecule has 0 bridgehead atoms. The molecule has 0 saturated carbocycles. The van der Waals surface area contributed by atoms with E-state index in [1.165, 1.54) is 0 Å². The SMILES string of the molecule is CCC(Oc1ccccc1)c1nnc(-c2ccccc2)o1. The van der Waals surface area contributed by atoms with Crippen LogP contribution < -0.4 is 4.74 Å². The zero-order valence-corrected chi connectivity index (χ0v) is 11.8. The number of benzene rings is 2. The van der Waals surface area contributed by atoms with E-state index in [0.29, 0.717) is 11.8 Å². The monoisotopic (exact) mass is 280 g/mol. The normalized spacial score (nSPS) is 12.0. The molecule has 0 N–H and O–H groups in total. The van der Waals surface area contributed by atoms with Gasteiger partial charge in [-0.15, -0.1) is 10.2 Å². The van der Waals surface area contributed by atoms with Gasteiger partial charge in [-0.1, -0.05) is 43.3 Å². The standard InChI is InChI=1S/C17H16N2O2/c1-2-15(20-14-11-7-4-8-12-14)17-19-18-16(21-17)13-9-5-3-6-10-13/h3-12,15H,2H2,1H3. The van der Waals surface area contributed by atoms with Gasteiger partial charge in [0.05, 0.1) is 0 Å². The smallest absolute Gasteiger partial charge is 0.257 e. The van der Waals surface area contributed by atoms with E-state index in [9.17, 15) is 0 Å². The van der Waals surface area contributed by atoms with Crippen molar-refractivity contribution in [3.8, 4) is 17.2 Å². The summed E-state index contributed by atoms with van der Waals surface area (Å²) in [5, 5.41) is 8.22. The lowest BCUT2D eigenvalue weighted by molar-refractivity contribution is 0.166. The highest BCUT2D eigenvalue weighted by Crippen LogP contribution is 2.26. The summed E-state index contributed by atoms with van der Waals surface area (Å²) >= 11 is 0. The predicted octanol–water partition coefficient (Wildman–Crippen LogP) is 4.27. The number of aromatic nitrogens is 2. The molecule has 21 heavy (non-hydrogen) atoms. The van der Waals surface area contributed by atoms with Crippen LogP contribution in [-0.2, 0) is 0 Å². The third-order valence-electron chi connectivity index (χ3n) is 3.13. The van der Waals surface area contributed by atoms with Gasteiger partial charge in [0, 0.05) is 5.56 Å². The first-order chi connectivity index (χ1) is 10.4. The summed E-state index contributed by atoms with van der Waals surface area (Å²) in [7, 11) is 0. The molecule has 1 heterocycles. The maximum absolute atomic E-state index is 5.90. The van der Waals surface area contributed by atoms with Crippen molar-refractivity contribution in [2.24, 2.45) is 0 Å². The summed E-state index contributed by atoms with van der Waals surface area (Å²) in [4.78, 5) is 0. The highest BCUT2D eigenvalue weighted by molar-refractivity contribution is 5.51. The predicted molar refractivity (Wildman–Crippen MR) is 79.8 cm³/mol. The minimum Gasteiger partial charge on any atom is -0.481 e. The molecule has 106 valence electrons. The van der Waals surface area contributed by atoms with Gasteiger partial charge in [0.2, 0.25) is 5.89 Å². The highest BCUT2D eigenvalue weighted by Gasteiger charge is 2.19. The van der Waals surface area contributed by atoms with Crippen LogP contribution in [0.4, 0.5) is 0 Å². The second-order valence-electron chi connectivity index (χ2n) is 4.64. The average Bonchev–Trinajstić information content (AvgIpc) is 3.04. The van der Waals surface area contributed by atoms with Gasteiger partial charge in [0.25, 0.3) is 5.89 Å². The minimum atomic E-state index is -0.239. The van der Waals surface area contributed by atoms with Crippen molar-refractivity contribution >= 4 is 0 Å². The van der Waals surface area contributed by atoms with Crippen molar-refractivity contribution in [3.05, 3.63) is 66.6 Å². The number of ether oxygens (including phenoxy) is 1. The summed E-state index contributed by atoms with van der Waals surface area (Å²) in [6.45, 7) is 2.03. The molecule has 0 aliphatic heterocycles. The molecule has 0 radical (unpaired) electrons. The van der Waals surface area contributed by atoms with Crippen LogP contribution in [0.25, 0.3) is 11.5 Å². The zero-order valence-electron chi connectivity index (χ0n) is 11.8.